The molecule has 526 valence electrons. The highest BCUT2D eigenvalue weighted by molar-refractivity contribution is 7.47. The normalized spacial score (nSPS) is 31.8. The highest BCUT2D eigenvalue weighted by atomic mass is 31.2. The Kier molecular flexibility index (Phi) is 20.7. The molecule has 15 atom stereocenters. The lowest BCUT2D eigenvalue weighted by Gasteiger charge is -2.48. The molecule has 97 heavy (non-hydrogen) atoms. The number of fused-ring (bicyclic) bond motifs is 7. The number of hydrogen-bond donors (Lipinski definition) is 10. The molecule has 31 nitrogen and oxygen atoms in total. The fourth-order valence-corrected chi connectivity index (χ4v) is 17.1. The average molecular weight is 1370 g/mol. The minimum Gasteiger partial charge on any atom is -0.446 e. The van der Waals surface area contributed by atoms with Gasteiger partial charge in [-0.25, -0.2) is 18.9 Å². The molecule has 1 aromatic carbocycles. The Morgan fingerprint density at radius 2 is 1.38 bits per heavy atom. The van der Waals surface area contributed by atoms with Gasteiger partial charge >= 0.3 is 13.9 Å². The number of allylic oxidation sites excluding steroid dienone is 6. The molecule has 1 unspecified atom stereocenters. The van der Waals surface area contributed by atoms with Crippen molar-refractivity contribution in [1.82, 2.24) is 34.9 Å². The van der Waals surface area contributed by atoms with Gasteiger partial charge in [0, 0.05) is 131 Å². The van der Waals surface area contributed by atoms with Gasteiger partial charge in [0.25, 0.3) is 0 Å². The standard InChI is InChI=1S/C65H91N16O15P/c1-31-20-41-42(21-32(31)2)81(28-73-41)59-54(89)55(43(94-59)27-93-60(90)80-29-74-75-30-80)96-97(91,92)95-33(3)26-72-51(88)18-19-62(8)39(22-48(69)85)58-65(11)64(10,25-50(71)87)38(14-17-47(68)84)53(79-65)35(5)57-63(9,24-49(70)86)36(12-15-45(66)82)40(76-57)23-44-61(6,7)37(13-16-46(67)83)52(77-44)34(4)56(62)78-58/h20-21,23,28-30,33,36-39,43,54-55,58-59,76,89H,12-19,22,24-27H2,1-11H3,(H2,66,82)(H2,67,83)(H2,68,84)(H2,69,85)(H2,70,86)(H2,71,87)(H,72,88)(H,91,92)/b40-23-,52-34-,57-35?/t33-,36-,37-,38-,39+,43-,54-,55-,58-,59+,62-,63+,64+,65+/m1/s1. The summed E-state index contributed by atoms with van der Waals surface area (Å²) >= 11 is 0. The van der Waals surface area contributed by atoms with E-state index in [9.17, 15) is 52.9 Å². The van der Waals surface area contributed by atoms with Gasteiger partial charge in [0.1, 0.15) is 37.6 Å². The number of primary amides is 6. The lowest BCUT2D eigenvalue weighted by molar-refractivity contribution is -0.124. The minimum atomic E-state index is -5.20. The molecular formula is C65H91N16O15P. The number of aliphatic hydroxyl groups excluding tert-OH is 1. The highest BCUT2D eigenvalue weighted by Gasteiger charge is 2.66. The van der Waals surface area contributed by atoms with E-state index >= 15 is 0 Å². The minimum absolute atomic E-state index is 0.0384. The molecule has 9 rings (SSSR count). The summed E-state index contributed by atoms with van der Waals surface area (Å²) in [6, 6.07) is 2.63. The van der Waals surface area contributed by atoms with E-state index in [0.29, 0.717) is 56.4 Å². The van der Waals surface area contributed by atoms with Crippen molar-refractivity contribution < 1.29 is 71.4 Å². The number of imidazole rings is 1. The van der Waals surface area contributed by atoms with Crippen LogP contribution in [-0.4, -0.2) is 148 Å². The van der Waals surface area contributed by atoms with E-state index in [1.54, 1.807) is 0 Å². The number of carbonyl (C=O) groups excluding carboxylic acids is 8. The third kappa shape index (κ3) is 14.2. The Balaban J connectivity index is 1.08. The Morgan fingerprint density at radius 3 is 1.99 bits per heavy atom. The fraction of sp³-hybridized carbons (Fsp3) is 0.600. The zero-order valence-electron chi connectivity index (χ0n) is 56.6. The quantitative estimate of drug-likeness (QED) is 0.0489. The summed E-state index contributed by atoms with van der Waals surface area (Å²) in [6.45, 7) is 19.2. The summed E-state index contributed by atoms with van der Waals surface area (Å²) < 4.78 is 39.5. The monoisotopic (exact) mass is 1370 g/mol. The van der Waals surface area contributed by atoms with Crippen LogP contribution in [0, 0.1) is 59.2 Å². The molecule has 0 spiro atoms. The molecule has 32 heteroatoms. The Morgan fingerprint density at radius 1 is 0.773 bits per heavy atom. The van der Waals surface area contributed by atoms with E-state index in [0.717, 1.165) is 28.3 Å². The van der Waals surface area contributed by atoms with E-state index in [2.05, 4.69) is 25.8 Å². The van der Waals surface area contributed by atoms with Crippen LogP contribution in [0.15, 0.2) is 80.4 Å². The first kappa shape index (κ1) is 72.9. The maximum Gasteiger partial charge on any atom is 0.472 e. The summed E-state index contributed by atoms with van der Waals surface area (Å²) in [5.41, 5.74) is 37.1. The SMILES string of the molecule is CC1=C2N/C(=C\C3=NC(=C(/C)C4=N[C@H]([C@H](CC(N)=O)[C@@]4(C)CCC(=O)NC[C@@H](C)OP(=O)(O)O[C@H]4[C@@H](O)[C@@H](n5cnc6cc(C)c(C)cc65)O[C@@H]4COC(=O)n4cnnc4)[C@]4(C)N=C1[C@@H](CCC(N)=O)[C@]4(C)CC(N)=O)/[C@@H](CCC(N)=O)C3(C)C)[C@@H](CCC(N)=O)[C@]2(C)CC(N)=O. The second kappa shape index (κ2) is 27.5. The molecule has 2 saturated heterocycles. The van der Waals surface area contributed by atoms with Gasteiger partial charge in [0.2, 0.25) is 41.4 Å². The maximum absolute atomic E-state index is 14.5. The van der Waals surface area contributed by atoms with Crippen molar-refractivity contribution in [3.8, 4) is 0 Å². The molecule has 2 fully saturated rings. The Labute approximate surface area is 561 Å². The number of aliphatic hydroxyl groups is 1. The number of ether oxygens (including phenoxy) is 2. The van der Waals surface area contributed by atoms with Crippen molar-refractivity contribution in [2.24, 2.45) is 94.7 Å². The van der Waals surface area contributed by atoms with Gasteiger partial charge in [-0.05, 0) is 108 Å². The Hall–Kier alpha value is -8.35. The van der Waals surface area contributed by atoms with Gasteiger partial charge in [-0.1, -0.05) is 34.6 Å². The van der Waals surface area contributed by atoms with Crippen LogP contribution in [0.25, 0.3) is 11.0 Å². The van der Waals surface area contributed by atoms with Crippen molar-refractivity contribution in [3.63, 3.8) is 0 Å². The number of phosphoric acid groups is 1. The molecule has 7 amide bonds. The van der Waals surface area contributed by atoms with Crippen molar-refractivity contribution in [1.29, 1.82) is 0 Å². The number of aromatic nitrogens is 5. The van der Waals surface area contributed by atoms with E-state index in [4.69, 9.17) is 67.9 Å². The highest BCUT2D eigenvalue weighted by Crippen LogP contribution is 2.63. The lowest BCUT2D eigenvalue weighted by atomic mass is 9.55. The predicted molar refractivity (Wildman–Crippen MR) is 353 cm³/mol. The first-order valence-electron chi connectivity index (χ1n) is 32.4. The molecular weight excluding hydrogens is 1280 g/mol. The van der Waals surface area contributed by atoms with Crippen LogP contribution in [0.3, 0.4) is 0 Å². The van der Waals surface area contributed by atoms with Crippen LogP contribution in [0.5, 0.6) is 0 Å². The van der Waals surface area contributed by atoms with Crippen molar-refractivity contribution in [3.05, 3.63) is 76.6 Å². The molecule has 0 aliphatic carbocycles. The largest absolute Gasteiger partial charge is 0.472 e. The number of rotatable bonds is 27. The van der Waals surface area contributed by atoms with Crippen molar-refractivity contribution >= 4 is 83.4 Å². The van der Waals surface area contributed by atoms with Crippen LogP contribution < -0.4 is 45.0 Å². The summed E-state index contributed by atoms with van der Waals surface area (Å²) in [4.78, 5) is 139. The number of carbonyl (C=O) groups is 8. The van der Waals surface area contributed by atoms with Gasteiger partial charge in [0.15, 0.2) is 6.23 Å². The molecule has 2 aromatic heterocycles. The number of nitrogens with two attached hydrogens (primary N) is 6. The molecule has 8 heterocycles. The Bertz CT molecular complexity index is 3950. The van der Waals surface area contributed by atoms with Gasteiger partial charge in [-0.15, -0.1) is 10.2 Å². The van der Waals surface area contributed by atoms with Crippen molar-refractivity contribution in [2.45, 2.75) is 189 Å². The summed E-state index contributed by atoms with van der Waals surface area (Å²) in [5.74, 6) is -7.35. The first-order valence-corrected chi connectivity index (χ1v) is 33.9. The zero-order valence-corrected chi connectivity index (χ0v) is 57.5. The molecule has 0 radical (unpaired) electrons. The smallest absolute Gasteiger partial charge is 0.446 e. The van der Waals surface area contributed by atoms with E-state index in [-0.39, 0.29) is 77.2 Å². The van der Waals surface area contributed by atoms with Crippen LogP contribution in [0.4, 0.5) is 4.79 Å². The van der Waals surface area contributed by atoms with Gasteiger partial charge in [-0.3, -0.25) is 57.6 Å². The zero-order chi connectivity index (χ0) is 71.4. The number of nitrogens with one attached hydrogen (secondary N) is 2. The van der Waals surface area contributed by atoms with E-state index in [1.807, 2.05) is 87.4 Å². The van der Waals surface area contributed by atoms with E-state index in [1.165, 1.54) is 17.8 Å². The van der Waals surface area contributed by atoms with Gasteiger partial charge in [-0.2, -0.15) is 0 Å². The van der Waals surface area contributed by atoms with Gasteiger partial charge in [0.05, 0.1) is 35.0 Å². The number of benzene rings is 1. The number of amides is 7. The lowest BCUT2D eigenvalue weighted by Crippen LogP contribution is -2.56. The first-order chi connectivity index (χ1) is 45.3. The predicted octanol–water partition coefficient (Wildman–Crippen LogP) is 3.45. The van der Waals surface area contributed by atoms with Crippen LogP contribution in [0.2, 0.25) is 0 Å². The maximum atomic E-state index is 14.5. The summed E-state index contributed by atoms with van der Waals surface area (Å²) in [5, 5.41) is 25.5. The van der Waals surface area contributed by atoms with Crippen LogP contribution in [0.1, 0.15) is 150 Å². The van der Waals surface area contributed by atoms with E-state index < -0.39 is 149 Å². The van der Waals surface area contributed by atoms with Crippen LogP contribution >= 0.6 is 7.82 Å². The number of phosphoric ester groups is 1. The molecule has 6 aliphatic rings. The van der Waals surface area contributed by atoms with Crippen LogP contribution in [-0.2, 0) is 56.6 Å². The third-order valence-electron chi connectivity index (χ3n) is 21.4. The number of nitrogens with zero attached hydrogens (tertiary/aromatic N) is 8. The van der Waals surface area contributed by atoms with Gasteiger partial charge < -0.3 is 69.1 Å². The topological polar surface area (TPSA) is 497 Å². The third-order valence-corrected chi connectivity index (χ3v) is 22.5. The molecule has 8 bridgehead atoms. The summed E-state index contributed by atoms with van der Waals surface area (Å²) in [7, 11) is -5.20. The average Bonchev–Trinajstić information content (AvgIpc) is 1.53. The number of aliphatic imine (C=N–C) groups is 3. The number of hydrogen-bond acceptors (Lipinski definition) is 21. The molecule has 3 aromatic rings. The molecule has 0 saturated carbocycles. The second-order valence-electron chi connectivity index (χ2n) is 28.3. The summed E-state index contributed by atoms with van der Waals surface area (Å²) in [6.07, 6.45) is -3.66. The number of aryl methyl sites for hydroxylation is 2. The fourth-order valence-electron chi connectivity index (χ4n) is 16.0. The second-order valence-corrected chi connectivity index (χ2v) is 29.7. The van der Waals surface area contributed by atoms with Crippen molar-refractivity contribution in [2.75, 3.05) is 13.2 Å². The molecule has 6 aliphatic heterocycles. The molecule has 16 N–H and O–H groups in total.